The van der Waals surface area contributed by atoms with Gasteiger partial charge in [0.25, 0.3) is 5.91 Å². The van der Waals surface area contributed by atoms with Crippen molar-refractivity contribution in [3.63, 3.8) is 0 Å². The molecule has 0 saturated heterocycles. The van der Waals surface area contributed by atoms with Gasteiger partial charge in [0.1, 0.15) is 5.69 Å². The SMILES string of the molecule is O=C(NCCCc1ccccc1)c1ccnc(NCc2cccnc2)n1. The third-order valence-corrected chi connectivity index (χ3v) is 3.83. The molecule has 1 aromatic carbocycles. The van der Waals surface area contributed by atoms with E-state index in [2.05, 4.69) is 37.7 Å². The average molecular weight is 347 g/mol. The smallest absolute Gasteiger partial charge is 0.270 e. The monoisotopic (exact) mass is 347 g/mol. The van der Waals surface area contributed by atoms with Gasteiger partial charge in [-0.05, 0) is 36.1 Å². The van der Waals surface area contributed by atoms with Crippen LogP contribution in [0.15, 0.2) is 67.1 Å². The minimum Gasteiger partial charge on any atom is -0.351 e. The predicted molar refractivity (Wildman–Crippen MR) is 101 cm³/mol. The summed E-state index contributed by atoms with van der Waals surface area (Å²) in [5.74, 6) is 0.232. The Kier molecular flexibility index (Phi) is 6.25. The van der Waals surface area contributed by atoms with E-state index in [9.17, 15) is 4.79 Å². The number of aryl methyl sites for hydroxylation is 1. The molecule has 3 aromatic rings. The highest BCUT2D eigenvalue weighted by Gasteiger charge is 2.08. The molecule has 2 heterocycles. The van der Waals surface area contributed by atoms with Crippen LogP contribution in [0.25, 0.3) is 0 Å². The molecule has 0 saturated carbocycles. The summed E-state index contributed by atoms with van der Waals surface area (Å²) in [6.07, 6.45) is 6.90. The zero-order valence-electron chi connectivity index (χ0n) is 14.4. The molecule has 3 rings (SSSR count). The number of rotatable bonds is 8. The molecule has 2 N–H and O–H groups in total. The van der Waals surface area contributed by atoms with E-state index in [1.807, 2.05) is 30.3 Å². The van der Waals surface area contributed by atoms with Crippen LogP contribution in [-0.4, -0.2) is 27.4 Å². The van der Waals surface area contributed by atoms with Gasteiger partial charge in [-0.2, -0.15) is 0 Å². The molecule has 0 unspecified atom stereocenters. The quantitative estimate of drug-likeness (QED) is 0.613. The Morgan fingerprint density at radius 3 is 2.62 bits per heavy atom. The van der Waals surface area contributed by atoms with Crippen molar-refractivity contribution in [3.05, 3.63) is 83.9 Å². The molecule has 6 heteroatoms. The third kappa shape index (κ3) is 5.37. The number of anilines is 1. The van der Waals surface area contributed by atoms with Crippen LogP contribution in [0.4, 0.5) is 5.95 Å². The van der Waals surface area contributed by atoms with E-state index >= 15 is 0 Å². The first kappa shape index (κ1) is 17.5. The number of amides is 1. The van der Waals surface area contributed by atoms with Gasteiger partial charge in [0.05, 0.1) is 0 Å². The van der Waals surface area contributed by atoms with Crippen molar-refractivity contribution in [2.24, 2.45) is 0 Å². The van der Waals surface area contributed by atoms with Gasteiger partial charge >= 0.3 is 0 Å². The van der Waals surface area contributed by atoms with Gasteiger partial charge < -0.3 is 10.6 Å². The summed E-state index contributed by atoms with van der Waals surface area (Å²) >= 11 is 0. The molecular weight excluding hydrogens is 326 g/mol. The fourth-order valence-corrected chi connectivity index (χ4v) is 2.48. The summed E-state index contributed by atoms with van der Waals surface area (Å²) < 4.78 is 0. The van der Waals surface area contributed by atoms with Crippen LogP contribution < -0.4 is 10.6 Å². The minimum absolute atomic E-state index is 0.190. The van der Waals surface area contributed by atoms with Gasteiger partial charge in [0.15, 0.2) is 0 Å². The van der Waals surface area contributed by atoms with Gasteiger partial charge in [-0.3, -0.25) is 9.78 Å². The van der Waals surface area contributed by atoms with Crippen LogP contribution in [0.5, 0.6) is 0 Å². The highest BCUT2D eigenvalue weighted by Crippen LogP contribution is 2.05. The second kappa shape index (κ2) is 9.27. The van der Waals surface area contributed by atoms with Gasteiger partial charge in [0.2, 0.25) is 5.95 Å². The van der Waals surface area contributed by atoms with Crippen molar-refractivity contribution < 1.29 is 4.79 Å². The van der Waals surface area contributed by atoms with E-state index in [0.29, 0.717) is 24.7 Å². The molecule has 2 aromatic heterocycles. The van der Waals surface area contributed by atoms with Gasteiger partial charge in [0, 0.05) is 31.7 Å². The summed E-state index contributed by atoms with van der Waals surface area (Å²) in [7, 11) is 0. The van der Waals surface area contributed by atoms with Crippen molar-refractivity contribution in [1.82, 2.24) is 20.3 Å². The van der Waals surface area contributed by atoms with Crippen LogP contribution in [0.3, 0.4) is 0 Å². The number of nitrogens with zero attached hydrogens (tertiary/aromatic N) is 3. The number of benzene rings is 1. The Morgan fingerprint density at radius 2 is 1.81 bits per heavy atom. The van der Waals surface area contributed by atoms with Crippen LogP contribution in [0, 0.1) is 0 Å². The van der Waals surface area contributed by atoms with Crippen molar-refractivity contribution in [2.45, 2.75) is 19.4 Å². The summed E-state index contributed by atoms with van der Waals surface area (Å²) in [4.78, 5) is 24.7. The van der Waals surface area contributed by atoms with Crippen LogP contribution in [0.2, 0.25) is 0 Å². The highest BCUT2D eigenvalue weighted by atomic mass is 16.1. The zero-order valence-corrected chi connectivity index (χ0v) is 14.4. The Balaban J connectivity index is 1.46. The largest absolute Gasteiger partial charge is 0.351 e. The van der Waals surface area contributed by atoms with E-state index in [4.69, 9.17) is 0 Å². The molecule has 1 amide bonds. The average Bonchev–Trinajstić information content (AvgIpc) is 2.71. The van der Waals surface area contributed by atoms with E-state index in [-0.39, 0.29) is 5.91 Å². The number of hydrogen-bond donors (Lipinski definition) is 2. The fourth-order valence-electron chi connectivity index (χ4n) is 2.48. The fraction of sp³-hybridized carbons (Fsp3) is 0.200. The Morgan fingerprint density at radius 1 is 0.962 bits per heavy atom. The standard InChI is InChI=1S/C20H21N5O/c26-19(22-12-5-8-16-6-2-1-3-7-16)18-10-13-23-20(25-18)24-15-17-9-4-11-21-14-17/h1-4,6-7,9-11,13-14H,5,8,12,15H2,(H,22,26)(H,23,24,25). The van der Waals surface area contributed by atoms with Gasteiger partial charge in [-0.15, -0.1) is 0 Å². The number of aromatic nitrogens is 3. The van der Waals surface area contributed by atoms with E-state index in [1.54, 1.807) is 24.7 Å². The lowest BCUT2D eigenvalue weighted by molar-refractivity contribution is 0.0948. The Bertz CT molecular complexity index is 824. The lowest BCUT2D eigenvalue weighted by atomic mass is 10.1. The molecule has 132 valence electrons. The maximum Gasteiger partial charge on any atom is 0.270 e. The molecule has 0 aliphatic carbocycles. The number of hydrogen-bond acceptors (Lipinski definition) is 5. The Hall–Kier alpha value is -3.28. The second-order valence-corrected chi connectivity index (χ2v) is 5.83. The maximum absolute atomic E-state index is 12.2. The third-order valence-electron chi connectivity index (χ3n) is 3.83. The molecule has 0 atom stereocenters. The summed E-state index contributed by atoms with van der Waals surface area (Å²) in [6, 6.07) is 15.7. The number of carbonyl (C=O) groups excluding carboxylic acids is 1. The molecule has 6 nitrogen and oxygen atoms in total. The van der Waals surface area contributed by atoms with Crippen molar-refractivity contribution in [3.8, 4) is 0 Å². The van der Waals surface area contributed by atoms with Crippen molar-refractivity contribution in [1.29, 1.82) is 0 Å². The molecular formula is C20H21N5O. The molecule has 0 spiro atoms. The van der Waals surface area contributed by atoms with E-state index in [1.165, 1.54) is 5.56 Å². The first-order valence-electron chi connectivity index (χ1n) is 8.59. The van der Waals surface area contributed by atoms with E-state index < -0.39 is 0 Å². The van der Waals surface area contributed by atoms with Crippen molar-refractivity contribution in [2.75, 3.05) is 11.9 Å². The molecule has 0 aliphatic heterocycles. The summed E-state index contributed by atoms with van der Waals surface area (Å²) in [5, 5.41) is 6.01. The first-order chi connectivity index (χ1) is 12.8. The normalized spacial score (nSPS) is 10.3. The lowest BCUT2D eigenvalue weighted by Gasteiger charge is -2.07. The zero-order chi connectivity index (χ0) is 18.0. The van der Waals surface area contributed by atoms with Crippen LogP contribution in [-0.2, 0) is 13.0 Å². The topological polar surface area (TPSA) is 79.8 Å². The second-order valence-electron chi connectivity index (χ2n) is 5.83. The highest BCUT2D eigenvalue weighted by molar-refractivity contribution is 5.92. The molecule has 0 radical (unpaired) electrons. The number of carbonyl (C=O) groups is 1. The molecule has 26 heavy (non-hydrogen) atoms. The van der Waals surface area contributed by atoms with Crippen LogP contribution in [0.1, 0.15) is 28.0 Å². The number of pyridine rings is 1. The minimum atomic E-state index is -0.190. The number of nitrogens with one attached hydrogen (secondary N) is 2. The van der Waals surface area contributed by atoms with Crippen LogP contribution >= 0.6 is 0 Å². The summed E-state index contributed by atoms with van der Waals surface area (Å²) in [6.45, 7) is 1.16. The van der Waals surface area contributed by atoms with Crippen molar-refractivity contribution >= 4 is 11.9 Å². The van der Waals surface area contributed by atoms with E-state index in [0.717, 1.165) is 18.4 Å². The first-order valence-corrected chi connectivity index (χ1v) is 8.59. The van der Waals surface area contributed by atoms with Gasteiger partial charge in [-0.1, -0.05) is 36.4 Å². The summed E-state index contributed by atoms with van der Waals surface area (Å²) in [5.41, 5.74) is 2.64. The predicted octanol–water partition coefficient (Wildman–Crippen LogP) is 2.85. The Labute approximate surface area is 152 Å². The molecule has 0 aliphatic rings. The maximum atomic E-state index is 12.2. The molecule has 0 bridgehead atoms. The lowest BCUT2D eigenvalue weighted by Crippen LogP contribution is -2.26. The molecule has 0 fully saturated rings. The van der Waals surface area contributed by atoms with Gasteiger partial charge in [-0.25, -0.2) is 9.97 Å².